The van der Waals surface area contributed by atoms with Crippen LogP contribution in [0.4, 0.5) is 11.4 Å². The highest BCUT2D eigenvalue weighted by atomic mass is 16.6. The van der Waals surface area contributed by atoms with E-state index in [0.717, 1.165) is 0 Å². The first-order valence-electron chi connectivity index (χ1n) is 6.25. The number of rotatable bonds is 3. The average Bonchev–Trinajstić information content (AvgIpc) is 2.40. The van der Waals surface area contributed by atoms with Crippen molar-refractivity contribution in [3.8, 4) is 0 Å². The first-order valence-corrected chi connectivity index (χ1v) is 6.25. The molecule has 0 aliphatic rings. The first kappa shape index (κ1) is 14.6. The van der Waals surface area contributed by atoms with Crippen LogP contribution in [0.3, 0.4) is 0 Å². The number of carbonyl (C=O) groups is 1. The molecule has 0 bridgehead atoms. The summed E-state index contributed by atoms with van der Waals surface area (Å²) in [4.78, 5) is 30.7. The van der Waals surface area contributed by atoms with Crippen LogP contribution in [0.1, 0.15) is 27.4 Å². The molecule has 1 aromatic carbocycles. The summed E-state index contributed by atoms with van der Waals surface area (Å²) in [5.74, 6) is 0.187. The molecule has 0 atom stereocenters. The lowest BCUT2D eigenvalue weighted by molar-refractivity contribution is -0.385. The number of anilines is 1. The van der Waals surface area contributed by atoms with Crippen molar-refractivity contribution in [2.24, 2.45) is 0 Å². The Hall–Kier alpha value is -2.83. The van der Waals surface area contributed by atoms with E-state index in [-0.39, 0.29) is 5.69 Å². The average molecular weight is 286 g/mol. The van der Waals surface area contributed by atoms with Crippen LogP contribution in [-0.2, 0) is 0 Å². The van der Waals surface area contributed by atoms with Gasteiger partial charge >= 0.3 is 0 Å². The normalized spacial score (nSPS) is 10.2. The van der Waals surface area contributed by atoms with Crippen LogP contribution < -0.4 is 5.32 Å². The van der Waals surface area contributed by atoms with Crippen molar-refractivity contribution < 1.29 is 9.72 Å². The molecule has 1 amide bonds. The van der Waals surface area contributed by atoms with Crippen molar-refractivity contribution in [1.29, 1.82) is 0 Å². The van der Waals surface area contributed by atoms with E-state index >= 15 is 0 Å². The van der Waals surface area contributed by atoms with Gasteiger partial charge in [-0.25, -0.2) is 9.97 Å². The Morgan fingerprint density at radius 2 is 2.00 bits per heavy atom. The molecule has 1 N–H and O–H groups in total. The molecule has 0 fully saturated rings. The quantitative estimate of drug-likeness (QED) is 0.690. The molecule has 1 aromatic heterocycles. The fraction of sp³-hybridized carbons (Fsp3) is 0.214. The topological polar surface area (TPSA) is 98.0 Å². The molecular formula is C14H14N4O3. The maximum atomic E-state index is 12.2. The molecule has 1 heterocycles. The molecule has 21 heavy (non-hydrogen) atoms. The monoisotopic (exact) mass is 286 g/mol. The smallest absolute Gasteiger partial charge is 0.274 e. The van der Waals surface area contributed by atoms with Gasteiger partial charge < -0.3 is 5.32 Å². The molecule has 0 unspecified atom stereocenters. The number of nitrogens with one attached hydrogen (secondary N) is 1. The van der Waals surface area contributed by atoms with Gasteiger partial charge in [-0.1, -0.05) is 6.07 Å². The van der Waals surface area contributed by atoms with Crippen LogP contribution >= 0.6 is 0 Å². The summed E-state index contributed by atoms with van der Waals surface area (Å²) in [5, 5.41) is 13.6. The summed E-state index contributed by atoms with van der Waals surface area (Å²) >= 11 is 0. The number of hydrogen-bond donors (Lipinski definition) is 1. The molecule has 0 radical (unpaired) electrons. The Kier molecular flexibility index (Phi) is 3.93. The summed E-state index contributed by atoms with van der Waals surface area (Å²) in [6, 6.07) is 4.54. The van der Waals surface area contributed by atoms with Crippen LogP contribution in [0.15, 0.2) is 24.4 Å². The highest BCUT2D eigenvalue weighted by Gasteiger charge is 2.17. The molecule has 7 nitrogen and oxygen atoms in total. The van der Waals surface area contributed by atoms with Gasteiger partial charge in [0, 0.05) is 12.3 Å². The number of benzene rings is 1. The van der Waals surface area contributed by atoms with E-state index in [0.29, 0.717) is 28.3 Å². The molecule has 2 aromatic rings. The minimum Gasteiger partial charge on any atom is -0.321 e. The third kappa shape index (κ3) is 3.02. The zero-order valence-electron chi connectivity index (χ0n) is 11.9. The van der Waals surface area contributed by atoms with E-state index in [4.69, 9.17) is 0 Å². The summed E-state index contributed by atoms with van der Waals surface area (Å²) in [6.07, 6.45) is 1.44. The molecule has 0 saturated heterocycles. The largest absolute Gasteiger partial charge is 0.321 e. The number of aromatic nitrogens is 2. The molecule has 0 aliphatic carbocycles. The second kappa shape index (κ2) is 5.66. The molecular weight excluding hydrogens is 272 g/mol. The van der Waals surface area contributed by atoms with E-state index in [1.54, 1.807) is 26.8 Å². The summed E-state index contributed by atoms with van der Waals surface area (Å²) in [5.41, 5.74) is 1.66. The fourth-order valence-electron chi connectivity index (χ4n) is 1.95. The Balaban J connectivity index is 2.32. The highest BCUT2D eigenvalue weighted by molar-refractivity contribution is 6.05. The minimum atomic E-state index is -0.481. The van der Waals surface area contributed by atoms with Gasteiger partial charge in [0.2, 0.25) is 0 Å². The summed E-state index contributed by atoms with van der Waals surface area (Å²) in [7, 11) is 0. The van der Waals surface area contributed by atoms with Crippen LogP contribution in [0.5, 0.6) is 0 Å². The fourth-order valence-corrected chi connectivity index (χ4v) is 1.95. The maximum absolute atomic E-state index is 12.2. The van der Waals surface area contributed by atoms with Crippen molar-refractivity contribution >= 4 is 17.3 Å². The van der Waals surface area contributed by atoms with E-state index in [2.05, 4.69) is 15.3 Å². The number of carbonyl (C=O) groups excluding carboxylic acids is 1. The molecule has 2 rings (SSSR count). The number of nitro groups is 1. The molecule has 0 spiro atoms. The second-order valence-electron chi connectivity index (χ2n) is 4.58. The molecule has 108 valence electrons. The van der Waals surface area contributed by atoms with Crippen LogP contribution in [0.25, 0.3) is 0 Å². The van der Waals surface area contributed by atoms with E-state index < -0.39 is 10.8 Å². The molecule has 0 saturated carbocycles. The third-order valence-electron chi connectivity index (χ3n) is 3.09. The zero-order valence-corrected chi connectivity index (χ0v) is 11.9. The Morgan fingerprint density at radius 1 is 1.29 bits per heavy atom. The Bertz CT molecular complexity index is 728. The minimum absolute atomic E-state index is 0.0373. The Labute approximate surface area is 121 Å². The molecule has 0 aliphatic heterocycles. The lowest BCUT2D eigenvalue weighted by Crippen LogP contribution is -2.16. The van der Waals surface area contributed by atoms with E-state index in [1.165, 1.54) is 18.3 Å². The van der Waals surface area contributed by atoms with Gasteiger partial charge in [-0.15, -0.1) is 0 Å². The predicted octanol–water partition coefficient (Wildman–Crippen LogP) is 2.56. The van der Waals surface area contributed by atoms with Crippen molar-refractivity contribution in [2.75, 3.05) is 5.32 Å². The third-order valence-corrected chi connectivity index (χ3v) is 3.09. The van der Waals surface area contributed by atoms with Crippen molar-refractivity contribution in [1.82, 2.24) is 9.97 Å². The van der Waals surface area contributed by atoms with Crippen molar-refractivity contribution in [3.05, 3.63) is 57.2 Å². The van der Waals surface area contributed by atoms with Gasteiger partial charge in [0.25, 0.3) is 11.6 Å². The predicted molar refractivity (Wildman–Crippen MR) is 77.3 cm³/mol. The van der Waals surface area contributed by atoms with Crippen LogP contribution in [0.2, 0.25) is 0 Å². The highest BCUT2D eigenvalue weighted by Crippen LogP contribution is 2.25. The van der Waals surface area contributed by atoms with Crippen LogP contribution in [-0.4, -0.2) is 20.8 Å². The maximum Gasteiger partial charge on any atom is 0.274 e. The number of nitro benzene ring substituents is 1. The second-order valence-corrected chi connectivity index (χ2v) is 4.58. The summed E-state index contributed by atoms with van der Waals surface area (Å²) in [6.45, 7) is 5.04. The van der Waals surface area contributed by atoms with Gasteiger partial charge in [-0.05, 0) is 26.8 Å². The van der Waals surface area contributed by atoms with Gasteiger partial charge in [0.15, 0.2) is 0 Å². The molecule has 7 heteroatoms. The zero-order chi connectivity index (χ0) is 15.6. The number of nitrogens with zero attached hydrogens (tertiary/aromatic N) is 3. The van der Waals surface area contributed by atoms with Gasteiger partial charge in [-0.2, -0.15) is 0 Å². The lowest BCUT2D eigenvalue weighted by Gasteiger charge is -2.09. The number of aryl methyl sites for hydroxylation is 2. The van der Waals surface area contributed by atoms with Crippen molar-refractivity contribution in [3.63, 3.8) is 0 Å². The summed E-state index contributed by atoms with van der Waals surface area (Å²) < 4.78 is 0. The lowest BCUT2D eigenvalue weighted by atomic mass is 10.1. The standard InChI is InChI=1S/C14H14N4O3/c1-8-12(5-4-6-13(8)18(20)21)17-14(19)11-7-15-10(3)16-9(11)2/h4-7H,1-3H3,(H,17,19). The van der Waals surface area contributed by atoms with Crippen molar-refractivity contribution in [2.45, 2.75) is 20.8 Å². The Morgan fingerprint density at radius 3 is 2.62 bits per heavy atom. The van der Waals surface area contributed by atoms with Gasteiger partial charge in [-0.3, -0.25) is 14.9 Å². The number of hydrogen-bond acceptors (Lipinski definition) is 5. The van der Waals surface area contributed by atoms with E-state index in [1.807, 2.05) is 0 Å². The SMILES string of the molecule is Cc1ncc(C(=O)Nc2cccc([N+](=O)[O-])c2C)c(C)n1. The van der Waals surface area contributed by atoms with Crippen LogP contribution in [0, 0.1) is 30.9 Å². The number of amides is 1. The van der Waals surface area contributed by atoms with E-state index in [9.17, 15) is 14.9 Å². The van der Waals surface area contributed by atoms with Gasteiger partial charge in [0.1, 0.15) is 5.82 Å². The van der Waals surface area contributed by atoms with Gasteiger partial charge in [0.05, 0.1) is 27.4 Å². The first-order chi connectivity index (χ1) is 9.90.